The van der Waals surface area contributed by atoms with Crippen LogP contribution in [0.4, 0.5) is 0 Å². The van der Waals surface area contributed by atoms with Gasteiger partial charge in [-0.1, -0.05) is 30.7 Å². The van der Waals surface area contributed by atoms with E-state index in [0.29, 0.717) is 12.0 Å². The summed E-state index contributed by atoms with van der Waals surface area (Å²) in [5, 5.41) is 0.958. The van der Waals surface area contributed by atoms with Gasteiger partial charge in [0.05, 0.1) is 10.4 Å². The van der Waals surface area contributed by atoms with Gasteiger partial charge >= 0.3 is 0 Å². The van der Waals surface area contributed by atoms with Gasteiger partial charge in [0, 0.05) is 12.1 Å². The van der Waals surface area contributed by atoms with Gasteiger partial charge in [-0.25, -0.2) is 13.1 Å². The Labute approximate surface area is 159 Å². The molecule has 0 aliphatic heterocycles. The zero-order valence-corrected chi connectivity index (χ0v) is 16.6. The van der Waals surface area contributed by atoms with Crippen LogP contribution in [0.25, 0.3) is 10.9 Å². The topological polar surface area (TPSA) is 79.0 Å². The van der Waals surface area contributed by atoms with Crippen LogP contribution in [-0.2, 0) is 22.9 Å². The summed E-state index contributed by atoms with van der Waals surface area (Å²) in [5.74, 6) is 0. The number of hydrogen-bond acceptors (Lipinski definition) is 3. The molecule has 142 valence electrons. The molecule has 0 fully saturated rings. The number of aromatic amines is 1. The van der Waals surface area contributed by atoms with Crippen molar-refractivity contribution < 1.29 is 8.42 Å². The van der Waals surface area contributed by atoms with E-state index in [9.17, 15) is 13.2 Å². The van der Waals surface area contributed by atoms with E-state index in [0.717, 1.165) is 34.0 Å². The molecule has 1 heterocycles. The number of fused-ring (bicyclic) bond motifs is 1. The minimum absolute atomic E-state index is 0.164. The lowest BCUT2D eigenvalue weighted by Crippen LogP contribution is -2.27. The van der Waals surface area contributed by atoms with Crippen molar-refractivity contribution in [2.75, 3.05) is 6.54 Å². The highest BCUT2D eigenvalue weighted by atomic mass is 32.2. The Morgan fingerprint density at radius 2 is 1.74 bits per heavy atom. The molecular weight excluding hydrogens is 360 g/mol. The largest absolute Gasteiger partial charge is 0.321 e. The maximum atomic E-state index is 12.4. The summed E-state index contributed by atoms with van der Waals surface area (Å²) in [6.07, 6.45) is 1.18. The number of pyridine rings is 1. The van der Waals surface area contributed by atoms with Gasteiger partial charge in [-0.15, -0.1) is 0 Å². The molecule has 3 aromatic rings. The lowest BCUT2D eigenvalue weighted by Gasteiger charge is -2.09. The number of nitrogens with one attached hydrogen (secondary N) is 2. The Balaban J connectivity index is 1.76. The van der Waals surface area contributed by atoms with Gasteiger partial charge in [-0.2, -0.15) is 0 Å². The van der Waals surface area contributed by atoms with Gasteiger partial charge in [0.15, 0.2) is 0 Å². The van der Waals surface area contributed by atoms with Gasteiger partial charge in [0.2, 0.25) is 10.0 Å². The molecule has 0 saturated heterocycles. The number of sulfonamides is 1. The average molecular weight is 385 g/mol. The van der Waals surface area contributed by atoms with Crippen molar-refractivity contribution in [3.8, 4) is 0 Å². The Hall–Kier alpha value is -2.44. The fourth-order valence-corrected chi connectivity index (χ4v) is 4.26. The van der Waals surface area contributed by atoms with Crippen LogP contribution in [0.1, 0.15) is 29.2 Å². The summed E-state index contributed by atoms with van der Waals surface area (Å²) < 4.78 is 27.4. The summed E-state index contributed by atoms with van der Waals surface area (Å²) in [6, 6.07) is 12.7. The molecule has 0 aliphatic rings. The van der Waals surface area contributed by atoms with Crippen LogP contribution in [0.3, 0.4) is 0 Å². The molecule has 27 heavy (non-hydrogen) atoms. The van der Waals surface area contributed by atoms with Crippen molar-refractivity contribution in [1.29, 1.82) is 0 Å². The molecule has 6 heteroatoms. The summed E-state index contributed by atoms with van der Waals surface area (Å²) >= 11 is 0. The van der Waals surface area contributed by atoms with Gasteiger partial charge in [0.1, 0.15) is 0 Å². The van der Waals surface area contributed by atoms with E-state index >= 15 is 0 Å². The first-order chi connectivity index (χ1) is 12.8. The van der Waals surface area contributed by atoms with Gasteiger partial charge in [0.25, 0.3) is 5.56 Å². The van der Waals surface area contributed by atoms with Crippen LogP contribution in [0.2, 0.25) is 0 Å². The monoisotopic (exact) mass is 384 g/mol. The molecule has 0 unspecified atom stereocenters. The van der Waals surface area contributed by atoms with E-state index in [-0.39, 0.29) is 17.0 Å². The van der Waals surface area contributed by atoms with Crippen LogP contribution in [0.5, 0.6) is 0 Å². The van der Waals surface area contributed by atoms with Gasteiger partial charge in [-0.3, -0.25) is 4.79 Å². The standard InChI is InChI=1S/C21H24N2O3S/c1-4-16-5-7-19(8-6-16)27(25,26)22-10-9-17-13-18-12-14(2)11-15(3)20(18)23-21(17)24/h5-8,11-13,22H,4,9-10H2,1-3H3,(H,23,24). The first kappa shape index (κ1) is 19.3. The lowest BCUT2D eigenvalue weighted by atomic mass is 10.0. The van der Waals surface area contributed by atoms with E-state index in [2.05, 4.69) is 9.71 Å². The summed E-state index contributed by atoms with van der Waals surface area (Å²) in [5.41, 5.74) is 4.43. The van der Waals surface area contributed by atoms with E-state index in [1.807, 2.05) is 51.1 Å². The Kier molecular flexibility index (Phi) is 5.48. The molecule has 3 rings (SSSR count). The van der Waals surface area contributed by atoms with Crippen LogP contribution < -0.4 is 10.3 Å². The predicted molar refractivity (Wildman–Crippen MR) is 109 cm³/mol. The minimum atomic E-state index is -3.59. The number of rotatable bonds is 6. The first-order valence-corrected chi connectivity index (χ1v) is 10.5. The van der Waals surface area contributed by atoms with Crippen molar-refractivity contribution in [2.45, 2.75) is 38.5 Å². The van der Waals surface area contributed by atoms with E-state index in [1.54, 1.807) is 12.1 Å². The molecule has 0 amide bonds. The minimum Gasteiger partial charge on any atom is -0.321 e. The normalized spacial score (nSPS) is 11.8. The second-order valence-electron chi connectivity index (χ2n) is 6.82. The van der Waals surface area contributed by atoms with Crippen molar-refractivity contribution in [3.05, 3.63) is 75.1 Å². The molecule has 1 aromatic heterocycles. The number of hydrogen-bond donors (Lipinski definition) is 2. The third-order valence-electron chi connectivity index (χ3n) is 4.70. The highest BCUT2D eigenvalue weighted by Crippen LogP contribution is 2.18. The lowest BCUT2D eigenvalue weighted by molar-refractivity contribution is 0.581. The Morgan fingerprint density at radius 1 is 1.04 bits per heavy atom. The third kappa shape index (κ3) is 4.28. The predicted octanol–water partition coefficient (Wildman–Crippen LogP) is 3.23. The Bertz CT molecular complexity index is 1130. The fourth-order valence-electron chi connectivity index (χ4n) is 3.23. The zero-order valence-electron chi connectivity index (χ0n) is 15.8. The van der Waals surface area contributed by atoms with Crippen LogP contribution >= 0.6 is 0 Å². The summed E-state index contributed by atoms with van der Waals surface area (Å²) in [4.78, 5) is 15.5. The average Bonchev–Trinajstić information content (AvgIpc) is 2.63. The van der Waals surface area contributed by atoms with Crippen molar-refractivity contribution in [3.63, 3.8) is 0 Å². The molecular formula is C21H24N2O3S. The molecule has 2 N–H and O–H groups in total. The molecule has 0 bridgehead atoms. The highest BCUT2D eigenvalue weighted by Gasteiger charge is 2.14. The second-order valence-corrected chi connectivity index (χ2v) is 8.58. The molecule has 0 spiro atoms. The molecule has 0 aliphatic carbocycles. The maximum absolute atomic E-state index is 12.4. The number of benzene rings is 2. The number of H-pyrrole nitrogens is 1. The molecule has 2 aromatic carbocycles. The molecule has 5 nitrogen and oxygen atoms in total. The summed E-state index contributed by atoms with van der Waals surface area (Å²) in [7, 11) is -3.59. The molecule has 0 atom stereocenters. The van der Waals surface area contributed by atoms with E-state index in [4.69, 9.17) is 0 Å². The van der Waals surface area contributed by atoms with Crippen molar-refractivity contribution >= 4 is 20.9 Å². The highest BCUT2D eigenvalue weighted by molar-refractivity contribution is 7.89. The van der Waals surface area contributed by atoms with Gasteiger partial charge in [-0.05, 0) is 67.5 Å². The fraction of sp³-hybridized carbons (Fsp3) is 0.286. The van der Waals surface area contributed by atoms with Crippen molar-refractivity contribution in [1.82, 2.24) is 9.71 Å². The maximum Gasteiger partial charge on any atom is 0.251 e. The van der Waals surface area contributed by atoms with Crippen LogP contribution in [0, 0.1) is 13.8 Å². The SMILES string of the molecule is CCc1ccc(S(=O)(=O)NCCc2cc3cc(C)cc(C)c3[nH]c2=O)cc1. The Morgan fingerprint density at radius 3 is 2.41 bits per heavy atom. The molecule has 0 saturated carbocycles. The van der Waals surface area contributed by atoms with E-state index < -0.39 is 10.0 Å². The number of aromatic nitrogens is 1. The summed E-state index contributed by atoms with van der Waals surface area (Å²) in [6.45, 7) is 6.15. The van der Waals surface area contributed by atoms with Gasteiger partial charge < -0.3 is 4.98 Å². The second kappa shape index (κ2) is 7.66. The van der Waals surface area contributed by atoms with E-state index in [1.165, 1.54) is 0 Å². The smallest absolute Gasteiger partial charge is 0.251 e. The van der Waals surface area contributed by atoms with Crippen LogP contribution in [-0.4, -0.2) is 19.9 Å². The number of aryl methyl sites for hydroxylation is 3. The first-order valence-electron chi connectivity index (χ1n) is 9.02. The quantitative estimate of drug-likeness (QED) is 0.685. The molecule has 0 radical (unpaired) electrons. The van der Waals surface area contributed by atoms with Crippen molar-refractivity contribution in [2.24, 2.45) is 0 Å². The van der Waals surface area contributed by atoms with Crippen LogP contribution in [0.15, 0.2) is 52.2 Å². The zero-order chi connectivity index (χ0) is 19.6. The third-order valence-corrected chi connectivity index (χ3v) is 6.18.